The van der Waals surface area contributed by atoms with E-state index in [1.807, 2.05) is 30.3 Å². The molecule has 274 valence electrons. The lowest BCUT2D eigenvalue weighted by Crippen LogP contribution is -2.63. The third-order valence-electron chi connectivity index (χ3n) is 8.47. The average Bonchev–Trinajstić information content (AvgIpc) is 3.07. The Hall–Kier alpha value is -5.11. The summed E-state index contributed by atoms with van der Waals surface area (Å²) < 4.78 is 52.0. The summed E-state index contributed by atoms with van der Waals surface area (Å²) in [6.07, 6.45) is -3.56. The minimum Gasteiger partial charge on any atom is -0.484 e. The van der Waals surface area contributed by atoms with Crippen LogP contribution < -0.4 is 19.8 Å². The van der Waals surface area contributed by atoms with E-state index in [9.17, 15) is 24.0 Å². The van der Waals surface area contributed by atoms with Gasteiger partial charge in [-0.2, -0.15) is 0 Å². The third-order valence-corrected chi connectivity index (χ3v) is 8.47. The van der Waals surface area contributed by atoms with Crippen LogP contribution in [0.2, 0.25) is 0 Å². The highest BCUT2D eigenvalue weighted by molar-refractivity contribution is 5.86. The molecule has 5 rings (SSSR count). The summed E-state index contributed by atoms with van der Waals surface area (Å²) in [5, 5.41) is 0.429. The van der Waals surface area contributed by atoms with Crippen molar-refractivity contribution >= 4 is 34.8 Å². The molecule has 51 heavy (non-hydrogen) atoms. The smallest absolute Gasteiger partial charge is 0.383 e. The number of ether oxygens (including phenoxy) is 8. The zero-order chi connectivity index (χ0) is 36.7. The largest absolute Gasteiger partial charge is 0.484 e. The first kappa shape index (κ1) is 37.2. The van der Waals surface area contributed by atoms with Crippen LogP contribution in [0.1, 0.15) is 65.9 Å². The van der Waals surface area contributed by atoms with Crippen LogP contribution in [0, 0.1) is 5.92 Å². The Kier molecular flexibility index (Phi) is 12.2. The Morgan fingerprint density at radius 3 is 2.04 bits per heavy atom. The molecule has 1 saturated heterocycles. The normalized spacial score (nSPS) is 24.5. The van der Waals surface area contributed by atoms with E-state index in [0.717, 1.165) is 52.0 Å². The predicted molar refractivity (Wildman–Crippen MR) is 178 cm³/mol. The Morgan fingerprint density at radius 1 is 0.745 bits per heavy atom. The van der Waals surface area contributed by atoms with Crippen molar-refractivity contribution in [3.8, 4) is 17.2 Å². The monoisotopic (exact) mass is 710 g/mol. The Labute approximate surface area is 294 Å². The number of fused-ring (bicyclic) bond motifs is 1. The van der Waals surface area contributed by atoms with E-state index in [2.05, 4.69) is 6.92 Å². The molecular formula is C37H42O14. The van der Waals surface area contributed by atoms with Gasteiger partial charge in [-0.15, -0.1) is 0 Å². The lowest BCUT2D eigenvalue weighted by Gasteiger charge is -2.43. The third kappa shape index (κ3) is 9.78. The molecule has 0 spiro atoms. The fraction of sp³-hybridized carbons (Fsp3) is 0.486. The maximum atomic E-state index is 13.5. The SMILES string of the molecule is CC(=O)OC[C@H]1O[C@H](Oc2ccc3c(OCc4ccccc4)c(O[C@H]4CC[C@@H](C)CC4)c(=O)oc3c2)[C@@H](OC(C)=O)[C@@H](OC(C)=O)[C@@H]1OC(C)=O. The van der Waals surface area contributed by atoms with Crippen molar-refractivity contribution in [1.82, 2.24) is 0 Å². The van der Waals surface area contributed by atoms with Crippen LogP contribution in [-0.4, -0.2) is 67.3 Å². The number of esters is 4. The molecule has 0 amide bonds. The molecule has 3 aromatic rings. The van der Waals surface area contributed by atoms with Crippen molar-refractivity contribution in [1.29, 1.82) is 0 Å². The van der Waals surface area contributed by atoms with Crippen LogP contribution in [0.25, 0.3) is 11.0 Å². The van der Waals surface area contributed by atoms with Gasteiger partial charge >= 0.3 is 29.5 Å². The quantitative estimate of drug-likeness (QED) is 0.143. The Morgan fingerprint density at radius 2 is 1.39 bits per heavy atom. The molecule has 5 atom stereocenters. The van der Waals surface area contributed by atoms with E-state index in [1.54, 1.807) is 12.1 Å². The number of carbonyl (C=O) groups excluding carboxylic acids is 4. The van der Waals surface area contributed by atoms with Crippen LogP contribution in [0.3, 0.4) is 0 Å². The van der Waals surface area contributed by atoms with Crippen molar-refractivity contribution in [2.24, 2.45) is 5.92 Å². The number of rotatable bonds is 12. The van der Waals surface area contributed by atoms with Gasteiger partial charge in [-0.25, -0.2) is 4.79 Å². The van der Waals surface area contributed by atoms with Crippen molar-refractivity contribution < 1.29 is 61.5 Å². The van der Waals surface area contributed by atoms with Gasteiger partial charge in [-0.05, 0) is 49.3 Å². The van der Waals surface area contributed by atoms with Crippen LogP contribution in [-0.2, 0) is 49.5 Å². The van der Waals surface area contributed by atoms with Gasteiger partial charge in [-0.3, -0.25) is 19.2 Å². The second kappa shape index (κ2) is 16.7. The van der Waals surface area contributed by atoms with Crippen molar-refractivity contribution in [2.45, 2.75) is 104 Å². The zero-order valence-corrected chi connectivity index (χ0v) is 29.1. The number of benzene rings is 2. The maximum Gasteiger partial charge on any atom is 0.383 e. The van der Waals surface area contributed by atoms with E-state index in [0.29, 0.717) is 11.3 Å². The standard InChI is InChI=1S/C37H42O14/c1-20-11-13-26(14-12-20)48-34-31(44-18-25-9-7-6-8-10-25)28-16-15-27(17-29(28)50-36(34)42)49-37-35(47-24(5)41)33(46-23(4)40)32(45-22(3)39)30(51-37)19-43-21(2)38/h6-10,15-17,20,26,30,32-33,35,37H,11-14,18-19H2,1-5H3/t20-,26+,30-,32-,33+,35+,37+/m1/s1. The molecule has 0 N–H and O–H groups in total. The molecule has 1 aliphatic heterocycles. The molecule has 0 bridgehead atoms. The van der Waals surface area contributed by atoms with Gasteiger partial charge in [0.15, 0.2) is 18.0 Å². The predicted octanol–water partition coefficient (Wildman–Crippen LogP) is 4.79. The summed E-state index contributed by atoms with van der Waals surface area (Å²) in [5.74, 6) is -2.11. The minimum atomic E-state index is -1.49. The number of hydrogen-bond acceptors (Lipinski definition) is 14. The first-order valence-corrected chi connectivity index (χ1v) is 16.8. The van der Waals surface area contributed by atoms with Gasteiger partial charge in [0.25, 0.3) is 0 Å². The highest BCUT2D eigenvalue weighted by atomic mass is 16.7. The second-order valence-corrected chi connectivity index (χ2v) is 12.7. The van der Waals surface area contributed by atoms with Crippen LogP contribution in [0.15, 0.2) is 57.7 Å². The van der Waals surface area contributed by atoms with Gasteiger partial charge < -0.3 is 42.3 Å². The van der Waals surface area contributed by atoms with E-state index < -0.39 is 66.8 Å². The van der Waals surface area contributed by atoms with Gasteiger partial charge in [0.1, 0.15) is 30.7 Å². The molecule has 2 aromatic carbocycles. The average molecular weight is 711 g/mol. The summed E-state index contributed by atoms with van der Waals surface area (Å²) in [6.45, 7) is 6.48. The zero-order valence-electron chi connectivity index (χ0n) is 29.1. The lowest BCUT2D eigenvalue weighted by molar-refractivity contribution is -0.288. The molecule has 1 aromatic heterocycles. The fourth-order valence-electron chi connectivity index (χ4n) is 6.12. The van der Waals surface area contributed by atoms with Crippen LogP contribution >= 0.6 is 0 Å². The Balaban J connectivity index is 1.51. The van der Waals surface area contributed by atoms with E-state index >= 15 is 0 Å². The van der Waals surface area contributed by atoms with Gasteiger partial charge in [0.05, 0.1) is 11.5 Å². The molecule has 1 aliphatic carbocycles. The van der Waals surface area contributed by atoms with E-state index in [1.165, 1.54) is 13.0 Å². The van der Waals surface area contributed by atoms with Gasteiger partial charge in [0.2, 0.25) is 18.1 Å². The summed E-state index contributed by atoms with van der Waals surface area (Å²) in [5.41, 5.74) is 0.226. The maximum absolute atomic E-state index is 13.5. The fourth-order valence-corrected chi connectivity index (χ4v) is 6.12. The number of hydrogen-bond donors (Lipinski definition) is 0. The van der Waals surface area contributed by atoms with Crippen molar-refractivity contribution in [3.63, 3.8) is 0 Å². The summed E-state index contributed by atoms with van der Waals surface area (Å²) in [6, 6.07) is 14.1. The molecule has 14 heteroatoms. The first-order chi connectivity index (χ1) is 24.4. The van der Waals surface area contributed by atoms with Crippen molar-refractivity contribution in [2.75, 3.05) is 6.61 Å². The molecule has 1 saturated carbocycles. The molecular weight excluding hydrogens is 668 g/mol. The lowest BCUT2D eigenvalue weighted by atomic mass is 9.89. The topological polar surface area (TPSA) is 172 Å². The summed E-state index contributed by atoms with van der Waals surface area (Å²) in [7, 11) is 0. The minimum absolute atomic E-state index is 0.0220. The second-order valence-electron chi connectivity index (χ2n) is 12.7. The number of carbonyl (C=O) groups is 4. The highest BCUT2D eigenvalue weighted by Crippen LogP contribution is 2.38. The molecule has 14 nitrogen and oxygen atoms in total. The Bertz CT molecular complexity index is 1760. The first-order valence-electron chi connectivity index (χ1n) is 16.8. The van der Waals surface area contributed by atoms with Gasteiger partial charge in [0, 0.05) is 33.8 Å². The molecule has 2 fully saturated rings. The highest BCUT2D eigenvalue weighted by Gasteiger charge is 2.53. The van der Waals surface area contributed by atoms with Gasteiger partial charge in [-0.1, -0.05) is 37.3 Å². The van der Waals surface area contributed by atoms with Crippen molar-refractivity contribution in [3.05, 3.63) is 64.5 Å². The van der Waals surface area contributed by atoms with E-state index in [4.69, 9.17) is 42.3 Å². The summed E-state index contributed by atoms with van der Waals surface area (Å²) >= 11 is 0. The molecule has 0 unspecified atom stereocenters. The summed E-state index contributed by atoms with van der Waals surface area (Å²) in [4.78, 5) is 61.7. The van der Waals surface area contributed by atoms with Crippen LogP contribution in [0.4, 0.5) is 0 Å². The molecule has 2 heterocycles. The van der Waals surface area contributed by atoms with E-state index in [-0.39, 0.29) is 35.5 Å². The molecule has 2 aliphatic rings. The molecule has 0 radical (unpaired) electrons. The van der Waals surface area contributed by atoms with Crippen LogP contribution in [0.5, 0.6) is 17.2 Å².